The molecule has 1 aromatic carbocycles. The zero-order valence-corrected chi connectivity index (χ0v) is 10.6. The van der Waals surface area contributed by atoms with Gasteiger partial charge in [-0.05, 0) is 11.3 Å². The van der Waals surface area contributed by atoms with Crippen molar-refractivity contribution in [2.24, 2.45) is 0 Å². The van der Waals surface area contributed by atoms with Crippen LogP contribution in [0.25, 0.3) is 0 Å². The molecule has 0 atom stereocenters. The molecular formula is C11H7B4F3O2. The van der Waals surface area contributed by atoms with Crippen LogP contribution in [0.15, 0.2) is 24.3 Å². The van der Waals surface area contributed by atoms with E-state index in [4.69, 9.17) is 31.4 Å². The van der Waals surface area contributed by atoms with E-state index in [1.807, 2.05) is 0 Å². The third-order valence-corrected chi connectivity index (χ3v) is 2.88. The number of alkyl halides is 3. The molecule has 96 valence electrons. The van der Waals surface area contributed by atoms with Gasteiger partial charge < -0.3 is 4.74 Å². The van der Waals surface area contributed by atoms with Crippen LogP contribution < -0.4 is 0 Å². The van der Waals surface area contributed by atoms with Crippen molar-refractivity contribution in [3.63, 3.8) is 0 Å². The van der Waals surface area contributed by atoms with E-state index in [-0.39, 0.29) is 5.56 Å². The van der Waals surface area contributed by atoms with Gasteiger partial charge in [-0.1, -0.05) is 29.0 Å². The van der Waals surface area contributed by atoms with Gasteiger partial charge in [0.25, 0.3) is 5.97 Å². The molecule has 1 rings (SSSR count). The van der Waals surface area contributed by atoms with Gasteiger partial charge in [-0.25, -0.2) is 0 Å². The molecule has 0 unspecified atom stereocenters. The summed E-state index contributed by atoms with van der Waals surface area (Å²) in [5, 5.41) is -4.65. The second kappa shape index (κ2) is 5.26. The quantitative estimate of drug-likeness (QED) is 0.601. The summed E-state index contributed by atoms with van der Waals surface area (Å²) < 4.78 is 42.3. The van der Waals surface area contributed by atoms with Crippen molar-refractivity contribution in [1.29, 1.82) is 0 Å². The smallest absolute Gasteiger partial charge is 0.416 e. The van der Waals surface area contributed by atoms with Crippen LogP contribution >= 0.6 is 0 Å². The highest BCUT2D eigenvalue weighted by Crippen LogP contribution is 2.40. The topological polar surface area (TPSA) is 26.3 Å². The van der Waals surface area contributed by atoms with E-state index in [1.165, 1.54) is 6.07 Å². The largest absolute Gasteiger partial charge is 0.470 e. The highest BCUT2D eigenvalue weighted by Gasteiger charge is 2.43. The fraction of sp³-hybridized carbons (Fsp3) is 0.364. The normalized spacial score (nSPS) is 13.0. The first-order valence-electron chi connectivity index (χ1n) is 5.36. The summed E-state index contributed by atoms with van der Waals surface area (Å²) in [5.74, 6) is -1.15. The Bertz CT molecular complexity index is 515. The summed E-state index contributed by atoms with van der Waals surface area (Å²) >= 11 is 0. The number of methoxy groups -OCH3 is 1. The van der Waals surface area contributed by atoms with Crippen molar-refractivity contribution < 1.29 is 22.7 Å². The summed E-state index contributed by atoms with van der Waals surface area (Å²) in [6.07, 6.45) is -4.59. The lowest BCUT2D eigenvalue weighted by Gasteiger charge is -2.42. The second-order valence-corrected chi connectivity index (χ2v) is 4.31. The molecule has 0 aliphatic carbocycles. The third kappa shape index (κ3) is 2.91. The predicted octanol–water partition coefficient (Wildman–Crippen LogP) is 0.821. The molecule has 20 heavy (non-hydrogen) atoms. The Morgan fingerprint density at radius 3 is 2.05 bits per heavy atom. The lowest BCUT2D eigenvalue weighted by atomic mass is 9.28. The number of carbonyl (C=O) groups is 1. The third-order valence-electron chi connectivity index (χ3n) is 2.88. The van der Waals surface area contributed by atoms with Crippen molar-refractivity contribution in [2.75, 3.05) is 7.11 Å². The van der Waals surface area contributed by atoms with Gasteiger partial charge in [-0.2, -0.15) is 13.2 Å². The van der Waals surface area contributed by atoms with Crippen molar-refractivity contribution in [2.45, 2.75) is 16.6 Å². The first-order valence-corrected chi connectivity index (χ1v) is 5.36. The summed E-state index contributed by atoms with van der Waals surface area (Å²) in [5.41, 5.74) is -1.24. The maximum Gasteiger partial charge on any atom is 0.416 e. The van der Waals surface area contributed by atoms with E-state index in [1.54, 1.807) is 0 Å². The Morgan fingerprint density at radius 1 is 1.10 bits per heavy atom. The molecule has 0 aliphatic rings. The maximum absolute atomic E-state index is 12.6. The summed E-state index contributed by atoms with van der Waals surface area (Å²) in [6.45, 7) is 0. The first kappa shape index (κ1) is 16.8. The standard InChI is InChI=1S/C11H7B4F3O2/c1-20-8(19)10(14,15)9(12,13)6-3-2-4-7(5-6)11(16,17)18/h2-5H,1H3. The zero-order valence-electron chi connectivity index (χ0n) is 10.6. The van der Waals surface area contributed by atoms with Crippen LogP contribution in [0, 0.1) is 0 Å². The van der Waals surface area contributed by atoms with Gasteiger partial charge in [0.05, 0.1) is 44.1 Å². The Hall–Kier alpha value is -1.26. The van der Waals surface area contributed by atoms with Gasteiger partial charge in [-0.3, -0.25) is 4.79 Å². The molecule has 0 aliphatic heterocycles. The van der Waals surface area contributed by atoms with E-state index in [9.17, 15) is 18.0 Å². The second-order valence-electron chi connectivity index (χ2n) is 4.31. The van der Waals surface area contributed by atoms with Gasteiger partial charge >= 0.3 is 6.18 Å². The molecule has 8 radical (unpaired) electrons. The zero-order chi connectivity index (χ0) is 15.8. The minimum atomic E-state index is -4.59. The number of halogens is 3. The molecular weight excluding hydrogens is 264 g/mol. The average Bonchev–Trinajstić information content (AvgIpc) is 2.36. The Balaban J connectivity index is 3.32. The van der Waals surface area contributed by atoms with Gasteiger partial charge in [0, 0.05) is 0 Å². The van der Waals surface area contributed by atoms with Gasteiger partial charge in [0.2, 0.25) is 0 Å². The van der Waals surface area contributed by atoms with Crippen LogP contribution in [0.3, 0.4) is 0 Å². The molecule has 0 saturated carbocycles. The molecule has 0 amide bonds. The van der Waals surface area contributed by atoms with E-state index >= 15 is 0 Å². The number of esters is 1. The molecule has 0 fully saturated rings. The fourth-order valence-electron chi connectivity index (χ4n) is 1.53. The highest BCUT2D eigenvalue weighted by molar-refractivity contribution is 6.60. The van der Waals surface area contributed by atoms with E-state index in [2.05, 4.69) is 4.74 Å². The minimum Gasteiger partial charge on any atom is -0.470 e. The van der Waals surface area contributed by atoms with Crippen LogP contribution in [0.2, 0.25) is 5.21 Å². The minimum absolute atomic E-state index is 0.247. The van der Waals surface area contributed by atoms with Crippen molar-refractivity contribution >= 4 is 37.4 Å². The SMILES string of the molecule is [B]C([B])(C(=O)OC)C([B])([B])c1cccc(C(F)(F)F)c1. The number of hydrogen-bond acceptors (Lipinski definition) is 2. The number of hydrogen-bond donors (Lipinski definition) is 0. The lowest BCUT2D eigenvalue weighted by molar-refractivity contribution is -0.142. The average molecular weight is 271 g/mol. The molecule has 0 N–H and O–H groups in total. The molecule has 0 saturated heterocycles. The van der Waals surface area contributed by atoms with Crippen LogP contribution in [-0.4, -0.2) is 44.5 Å². The molecule has 9 heteroatoms. The number of ether oxygens (including phenoxy) is 1. The Morgan fingerprint density at radius 2 is 1.60 bits per heavy atom. The summed E-state index contributed by atoms with van der Waals surface area (Å²) in [7, 11) is 23.4. The predicted molar refractivity (Wildman–Crippen MR) is 70.8 cm³/mol. The summed E-state index contributed by atoms with van der Waals surface area (Å²) in [6, 6.07) is 3.77. The van der Waals surface area contributed by atoms with Crippen molar-refractivity contribution in [3.05, 3.63) is 35.4 Å². The van der Waals surface area contributed by atoms with Crippen LogP contribution in [0.1, 0.15) is 11.1 Å². The molecule has 1 aromatic rings. The monoisotopic (exact) mass is 272 g/mol. The molecule has 0 bridgehead atoms. The van der Waals surface area contributed by atoms with E-state index in [0.29, 0.717) is 6.07 Å². The Labute approximate surface area is 120 Å². The Kier molecular flexibility index (Phi) is 4.42. The van der Waals surface area contributed by atoms with E-state index < -0.39 is 28.1 Å². The first-order chi connectivity index (χ1) is 8.94. The number of carbonyl (C=O) groups excluding carboxylic acids is 1. The van der Waals surface area contributed by atoms with Gasteiger partial charge in [-0.15, -0.1) is 0 Å². The lowest BCUT2D eigenvalue weighted by Crippen LogP contribution is -2.48. The van der Waals surface area contributed by atoms with Crippen LogP contribution in [0.5, 0.6) is 0 Å². The maximum atomic E-state index is 12.6. The molecule has 0 spiro atoms. The molecule has 0 aromatic heterocycles. The van der Waals surface area contributed by atoms with Gasteiger partial charge in [0.15, 0.2) is 0 Å². The number of benzene rings is 1. The fourth-order valence-corrected chi connectivity index (χ4v) is 1.53. The van der Waals surface area contributed by atoms with Crippen LogP contribution in [0.4, 0.5) is 13.2 Å². The molecule has 0 heterocycles. The molecule has 2 nitrogen and oxygen atoms in total. The van der Waals surface area contributed by atoms with Crippen LogP contribution in [-0.2, 0) is 20.9 Å². The van der Waals surface area contributed by atoms with E-state index in [0.717, 1.165) is 19.2 Å². The highest BCUT2D eigenvalue weighted by atomic mass is 19.4. The van der Waals surface area contributed by atoms with Crippen molar-refractivity contribution in [3.8, 4) is 0 Å². The number of rotatable bonds is 3. The summed E-state index contributed by atoms with van der Waals surface area (Å²) in [4.78, 5) is 11.5. The van der Waals surface area contributed by atoms with Crippen molar-refractivity contribution in [1.82, 2.24) is 0 Å². The van der Waals surface area contributed by atoms with Gasteiger partial charge in [0.1, 0.15) is 0 Å².